The lowest BCUT2D eigenvalue weighted by Crippen LogP contribution is -2.39. The van der Waals surface area contributed by atoms with Gasteiger partial charge in [-0.3, -0.25) is 29.6 Å². The molecule has 1 aromatic heterocycles. The minimum atomic E-state index is -0.938. The van der Waals surface area contributed by atoms with Crippen molar-refractivity contribution >= 4 is 34.8 Å². The zero-order valence-electron chi connectivity index (χ0n) is 22.6. The zero-order chi connectivity index (χ0) is 30.8. The van der Waals surface area contributed by atoms with E-state index >= 15 is 0 Å². The van der Waals surface area contributed by atoms with Crippen molar-refractivity contribution in [1.82, 2.24) is 4.57 Å². The first-order valence-corrected chi connectivity index (χ1v) is 13.6. The number of allylic oxidation sites excluding steroid dienone is 1. The third kappa shape index (κ3) is 5.67. The second-order valence-corrected chi connectivity index (χ2v) is 10.2. The van der Waals surface area contributed by atoms with Crippen molar-refractivity contribution in [3.63, 3.8) is 0 Å². The highest BCUT2D eigenvalue weighted by atomic mass is 32.1. The number of hydrogen-bond acceptors (Lipinski definition) is 10. The lowest BCUT2D eigenvalue weighted by Gasteiger charge is -2.24. The van der Waals surface area contributed by atoms with Crippen LogP contribution in [0.2, 0.25) is 0 Å². The van der Waals surface area contributed by atoms with Crippen LogP contribution < -0.4 is 19.6 Å². The molecule has 4 aromatic rings. The summed E-state index contributed by atoms with van der Waals surface area (Å²) in [5, 5.41) is 22.7. The number of carbonyl (C=O) groups excluding carboxylic acids is 1. The molecule has 0 saturated heterocycles. The first-order valence-electron chi connectivity index (χ1n) is 12.7. The summed E-state index contributed by atoms with van der Waals surface area (Å²) < 4.78 is 26.4. The Morgan fingerprint density at radius 3 is 2.47 bits per heavy atom. The van der Waals surface area contributed by atoms with Crippen molar-refractivity contribution in [3.8, 4) is 11.5 Å². The van der Waals surface area contributed by atoms with Gasteiger partial charge in [0.1, 0.15) is 11.6 Å². The van der Waals surface area contributed by atoms with Crippen molar-refractivity contribution in [2.24, 2.45) is 4.99 Å². The Balaban J connectivity index is 1.64. The highest BCUT2D eigenvalue weighted by molar-refractivity contribution is 7.07. The fourth-order valence-electron chi connectivity index (χ4n) is 4.55. The summed E-state index contributed by atoms with van der Waals surface area (Å²) in [6.07, 6.45) is 1.52. The number of thiazole rings is 1. The Hall–Kier alpha value is -5.50. The summed E-state index contributed by atoms with van der Waals surface area (Å²) in [5.74, 6) is -1.23. The van der Waals surface area contributed by atoms with Crippen LogP contribution in [0, 0.1) is 26.0 Å². The van der Waals surface area contributed by atoms with E-state index in [2.05, 4.69) is 4.99 Å². The van der Waals surface area contributed by atoms with Gasteiger partial charge in [-0.05, 0) is 49.8 Å². The highest BCUT2D eigenvalue weighted by Gasteiger charge is 2.33. The number of esters is 1. The molecule has 1 atom stereocenters. The molecule has 218 valence electrons. The third-order valence-electron chi connectivity index (χ3n) is 6.48. The van der Waals surface area contributed by atoms with Gasteiger partial charge < -0.3 is 9.47 Å². The molecule has 5 rings (SSSR count). The summed E-state index contributed by atoms with van der Waals surface area (Å²) >= 11 is 1.05. The minimum Gasteiger partial charge on any atom is -0.463 e. The standard InChI is InChI=1S/C29H21FN4O8S/c1-3-41-28(36)25-16(2)31-29-32(26(25)17-8-10-19(30)11-9-17)27(35)24(43-29)14-18-6-4-5-7-22(18)42-23-13-12-20(33(37)38)15-21(23)34(39)40/h4-15,26H,3H2,1-2H3/b24-14+/t26-/m1/s1. The monoisotopic (exact) mass is 604 g/mol. The molecule has 0 N–H and O–H groups in total. The number of fused-ring (bicyclic) bond motifs is 1. The van der Waals surface area contributed by atoms with Gasteiger partial charge in [-0.15, -0.1) is 0 Å². The maximum Gasteiger partial charge on any atom is 0.338 e. The van der Waals surface area contributed by atoms with Gasteiger partial charge in [0.15, 0.2) is 4.80 Å². The molecule has 0 radical (unpaired) electrons. The van der Waals surface area contributed by atoms with Gasteiger partial charge >= 0.3 is 11.7 Å². The molecule has 14 heteroatoms. The number of nitro groups is 2. The van der Waals surface area contributed by atoms with Gasteiger partial charge in [-0.25, -0.2) is 14.2 Å². The third-order valence-corrected chi connectivity index (χ3v) is 7.46. The predicted molar refractivity (Wildman–Crippen MR) is 153 cm³/mol. The van der Waals surface area contributed by atoms with E-state index in [9.17, 15) is 34.2 Å². The van der Waals surface area contributed by atoms with Crippen molar-refractivity contribution in [1.29, 1.82) is 0 Å². The van der Waals surface area contributed by atoms with Crippen molar-refractivity contribution in [2.45, 2.75) is 19.9 Å². The molecule has 0 aliphatic carbocycles. The molecule has 0 amide bonds. The van der Waals surface area contributed by atoms with E-state index in [4.69, 9.17) is 9.47 Å². The normalized spacial score (nSPS) is 14.6. The number of ether oxygens (including phenoxy) is 2. The van der Waals surface area contributed by atoms with Crippen LogP contribution in [0.4, 0.5) is 15.8 Å². The van der Waals surface area contributed by atoms with Gasteiger partial charge in [-0.2, -0.15) is 0 Å². The molecule has 0 fully saturated rings. The molecular formula is C29H21FN4O8S. The fourth-order valence-corrected chi connectivity index (χ4v) is 5.59. The van der Waals surface area contributed by atoms with Crippen LogP contribution >= 0.6 is 11.3 Å². The molecule has 0 unspecified atom stereocenters. The SMILES string of the molecule is CCOC(=O)C1=C(C)N=c2s/c(=C/c3ccccc3Oc3ccc([N+](=O)[O-])cc3[N+](=O)[O-])c(=O)n2[C@@H]1c1ccc(F)cc1. The smallest absolute Gasteiger partial charge is 0.338 e. The van der Waals surface area contributed by atoms with E-state index in [1.807, 2.05) is 0 Å². The number of nitro benzene ring substituents is 2. The number of nitrogens with zero attached hydrogens (tertiary/aromatic N) is 4. The first kappa shape index (κ1) is 29.0. The number of carbonyl (C=O) groups is 1. The minimum absolute atomic E-state index is 0.0971. The predicted octanol–water partition coefficient (Wildman–Crippen LogP) is 4.55. The van der Waals surface area contributed by atoms with Crippen LogP contribution in [0.5, 0.6) is 11.5 Å². The Morgan fingerprint density at radius 1 is 1.07 bits per heavy atom. The summed E-state index contributed by atoms with van der Waals surface area (Å²) in [7, 11) is 0. The van der Waals surface area contributed by atoms with Gasteiger partial charge in [0.05, 0.1) is 44.4 Å². The van der Waals surface area contributed by atoms with Crippen molar-refractivity contribution < 1.29 is 28.5 Å². The largest absolute Gasteiger partial charge is 0.463 e. The first-order chi connectivity index (χ1) is 20.6. The zero-order valence-corrected chi connectivity index (χ0v) is 23.4. The lowest BCUT2D eigenvalue weighted by atomic mass is 9.96. The van der Waals surface area contributed by atoms with E-state index in [1.54, 1.807) is 32.0 Å². The van der Waals surface area contributed by atoms with Crippen molar-refractivity contribution in [3.05, 3.63) is 135 Å². The Kier molecular flexibility index (Phi) is 7.94. The molecule has 1 aliphatic heterocycles. The topological polar surface area (TPSA) is 156 Å². The van der Waals surface area contributed by atoms with Crippen molar-refractivity contribution in [2.75, 3.05) is 6.61 Å². The maximum atomic E-state index is 13.9. The molecule has 1 aliphatic rings. The molecule has 0 spiro atoms. The molecule has 43 heavy (non-hydrogen) atoms. The number of aromatic nitrogens is 1. The summed E-state index contributed by atoms with van der Waals surface area (Å²) in [5.41, 5.74) is -0.244. The number of rotatable bonds is 8. The lowest BCUT2D eigenvalue weighted by molar-refractivity contribution is -0.394. The molecular weight excluding hydrogens is 583 g/mol. The quantitative estimate of drug-likeness (QED) is 0.161. The van der Waals surface area contributed by atoms with Crippen LogP contribution in [-0.2, 0) is 9.53 Å². The van der Waals surface area contributed by atoms with Gasteiger partial charge in [0, 0.05) is 11.6 Å². The van der Waals surface area contributed by atoms with E-state index in [0.29, 0.717) is 21.6 Å². The fraction of sp³-hybridized carbons (Fsp3) is 0.138. The number of halogens is 1. The van der Waals surface area contributed by atoms with Crippen LogP contribution in [0.15, 0.2) is 87.8 Å². The summed E-state index contributed by atoms with van der Waals surface area (Å²) in [6, 6.07) is 13.9. The molecule has 12 nitrogen and oxygen atoms in total. The Morgan fingerprint density at radius 2 is 1.79 bits per heavy atom. The second-order valence-electron chi connectivity index (χ2n) is 9.16. The van der Waals surface area contributed by atoms with Gasteiger partial charge in [0.2, 0.25) is 5.75 Å². The summed E-state index contributed by atoms with van der Waals surface area (Å²) in [6.45, 7) is 3.38. The average Bonchev–Trinajstić information content (AvgIpc) is 3.27. The number of hydrogen-bond donors (Lipinski definition) is 0. The van der Waals surface area contributed by atoms with Crippen LogP contribution in [0.25, 0.3) is 6.08 Å². The molecule has 0 saturated carbocycles. The van der Waals surface area contributed by atoms with Gasteiger partial charge in [-0.1, -0.05) is 41.7 Å². The molecule has 2 heterocycles. The van der Waals surface area contributed by atoms with E-state index in [0.717, 1.165) is 29.5 Å². The Bertz CT molecular complexity index is 2000. The van der Waals surface area contributed by atoms with E-state index in [-0.39, 0.29) is 28.2 Å². The number of benzene rings is 3. The van der Waals surface area contributed by atoms with Crippen LogP contribution in [0.3, 0.4) is 0 Å². The maximum absolute atomic E-state index is 13.9. The highest BCUT2D eigenvalue weighted by Crippen LogP contribution is 2.36. The van der Waals surface area contributed by atoms with Crippen LogP contribution in [-0.4, -0.2) is 27.0 Å². The Labute approximate surface area is 245 Å². The van der Waals surface area contributed by atoms with Crippen LogP contribution in [0.1, 0.15) is 31.0 Å². The average molecular weight is 605 g/mol. The number of non-ortho nitro benzene ring substituents is 1. The molecule has 3 aromatic carbocycles. The number of para-hydroxylation sites is 1. The van der Waals surface area contributed by atoms with Gasteiger partial charge in [0.25, 0.3) is 11.2 Å². The van der Waals surface area contributed by atoms with E-state index < -0.39 is 44.6 Å². The second kappa shape index (κ2) is 11.8. The van der Waals surface area contributed by atoms with E-state index in [1.165, 1.54) is 41.0 Å². The molecule has 0 bridgehead atoms. The summed E-state index contributed by atoms with van der Waals surface area (Å²) in [4.78, 5) is 52.8.